The van der Waals surface area contributed by atoms with Crippen LogP contribution < -0.4 is 16.6 Å². The van der Waals surface area contributed by atoms with Crippen LogP contribution in [0.25, 0.3) is 0 Å². The van der Waals surface area contributed by atoms with Gasteiger partial charge in [0.05, 0.1) is 26.9 Å². The molecule has 31 heavy (non-hydrogen) atoms. The molecule has 2 aliphatic heterocycles. The monoisotopic (exact) mass is 459 g/mol. The molecule has 3 rings (SSSR count). The lowest BCUT2D eigenvalue weighted by Crippen LogP contribution is -2.46. The first-order valence-electron chi connectivity index (χ1n) is 9.03. The van der Waals surface area contributed by atoms with Gasteiger partial charge in [0.2, 0.25) is 0 Å². The third kappa shape index (κ3) is 4.90. The lowest BCUT2D eigenvalue weighted by atomic mass is 10.0. The van der Waals surface area contributed by atoms with Gasteiger partial charge in [0.25, 0.3) is 5.56 Å². The van der Waals surface area contributed by atoms with Crippen molar-refractivity contribution in [1.82, 2.24) is 14.9 Å². The number of ether oxygens (including phenoxy) is 4. The minimum Gasteiger partial charge on any atom is -0.453 e. The van der Waals surface area contributed by atoms with Crippen molar-refractivity contribution in [3.8, 4) is 11.8 Å². The van der Waals surface area contributed by atoms with E-state index in [2.05, 4.69) is 26.9 Å². The average Bonchev–Trinajstić information content (AvgIpc) is 3.16. The van der Waals surface area contributed by atoms with Crippen LogP contribution in [0, 0.1) is 11.8 Å². The third-order valence-electron chi connectivity index (χ3n) is 4.64. The van der Waals surface area contributed by atoms with E-state index in [0.717, 1.165) is 11.2 Å². The number of nitrogens with one attached hydrogen (secondary N) is 2. The number of rotatable bonds is 6. The van der Waals surface area contributed by atoms with Crippen molar-refractivity contribution in [2.24, 2.45) is 0 Å². The van der Waals surface area contributed by atoms with Crippen molar-refractivity contribution in [3.63, 3.8) is 0 Å². The van der Waals surface area contributed by atoms with E-state index in [4.69, 9.17) is 18.7 Å². The number of carbonyl (C=O) groups is 1. The summed E-state index contributed by atoms with van der Waals surface area (Å²) in [6.45, 7) is 0.944. The molecule has 3 N–H and O–H groups in total. The quantitative estimate of drug-likeness (QED) is 0.346. The van der Waals surface area contributed by atoms with Gasteiger partial charge in [-0.05, 0) is 0 Å². The van der Waals surface area contributed by atoms with E-state index in [9.17, 15) is 23.8 Å². The van der Waals surface area contributed by atoms with E-state index in [1.807, 2.05) is 0 Å². The topological polar surface area (TPSA) is 167 Å². The molecular formula is C17H22N3O10P. The van der Waals surface area contributed by atoms with E-state index >= 15 is 0 Å². The van der Waals surface area contributed by atoms with Gasteiger partial charge in [0.1, 0.15) is 23.4 Å². The average molecular weight is 459 g/mol. The Bertz CT molecular complexity index is 1070. The third-order valence-corrected chi connectivity index (χ3v) is 5.26. The molecule has 5 atom stereocenters. The molecule has 13 nitrogen and oxygen atoms in total. The standard InChI is InChI=1S/C17H22N3O10P/c1-26-8-17-9-28-11(12(17)30-31(3,24)25)14(29-17)20-7-10(13(21)19-15(20)22)5-4-6-18-16(23)27-2/h7,11-12,14H,6,8-9H2,1-3H3,(H,18,23)(H,24,25)(H,19,21,22)/t11?,12-,14-,17+/m1/s1. The second-order valence-electron chi connectivity index (χ2n) is 6.97. The first kappa shape index (κ1) is 23.2. The first-order valence-corrected chi connectivity index (χ1v) is 11.1. The van der Waals surface area contributed by atoms with Crippen molar-refractivity contribution < 1.29 is 37.7 Å². The number of alkyl carbamates (subject to hydrolysis) is 1. The maximum Gasteiger partial charge on any atom is 0.407 e. The fourth-order valence-corrected chi connectivity index (χ4v) is 4.16. The summed E-state index contributed by atoms with van der Waals surface area (Å²) in [5.74, 6) is 5.11. The minimum absolute atomic E-state index is 0.0192. The minimum atomic E-state index is -3.92. The summed E-state index contributed by atoms with van der Waals surface area (Å²) in [4.78, 5) is 47.4. The van der Waals surface area contributed by atoms with Crippen LogP contribution in [0.3, 0.4) is 0 Å². The highest BCUT2D eigenvalue weighted by Gasteiger charge is 2.64. The van der Waals surface area contributed by atoms with Gasteiger partial charge in [-0.2, -0.15) is 0 Å². The number of aromatic amines is 1. The molecule has 170 valence electrons. The number of hydrogen-bond acceptors (Lipinski definition) is 9. The van der Waals surface area contributed by atoms with Crippen molar-refractivity contribution in [2.75, 3.05) is 40.6 Å². The zero-order valence-corrected chi connectivity index (χ0v) is 17.8. The number of H-pyrrole nitrogens is 1. The molecule has 1 aromatic rings. The van der Waals surface area contributed by atoms with Crippen molar-refractivity contribution >= 4 is 13.7 Å². The van der Waals surface area contributed by atoms with E-state index in [1.54, 1.807) is 0 Å². The van der Waals surface area contributed by atoms with Crippen LogP contribution in [0.1, 0.15) is 11.8 Å². The predicted molar refractivity (Wildman–Crippen MR) is 104 cm³/mol. The molecule has 14 heteroatoms. The van der Waals surface area contributed by atoms with E-state index in [0.29, 0.717) is 0 Å². The summed E-state index contributed by atoms with van der Waals surface area (Å²) >= 11 is 0. The van der Waals surface area contributed by atoms with Gasteiger partial charge in [0, 0.05) is 20.0 Å². The molecule has 2 aliphatic rings. The largest absolute Gasteiger partial charge is 0.453 e. The van der Waals surface area contributed by atoms with Gasteiger partial charge in [-0.25, -0.2) is 9.59 Å². The van der Waals surface area contributed by atoms with E-state index < -0.39 is 49.0 Å². The van der Waals surface area contributed by atoms with Crippen LogP contribution >= 0.6 is 7.60 Å². The molecule has 1 amide bonds. The maximum atomic E-state index is 12.4. The van der Waals surface area contributed by atoms with Crippen LogP contribution in [-0.4, -0.2) is 79.0 Å². The molecule has 0 radical (unpaired) electrons. The summed E-state index contributed by atoms with van der Waals surface area (Å²) in [5, 5.41) is 2.33. The smallest absolute Gasteiger partial charge is 0.407 e. The van der Waals surface area contributed by atoms with E-state index in [1.165, 1.54) is 20.4 Å². The Balaban J connectivity index is 1.91. The van der Waals surface area contributed by atoms with Gasteiger partial charge in [-0.1, -0.05) is 11.8 Å². The summed E-state index contributed by atoms with van der Waals surface area (Å²) in [7, 11) is -1.30. The van der Waals surface area contributed by atoms with Crippen LogP contribution in [0.2, 0.25) is 0 Å². The number of fused-ring (bicyclic) bond motifs is 2. The Labute approximate surface area is 176 Å². The molecule has 0 aliphatic carbocycles. The van der Waals surface area contributed by atoms with E-state index in [-0.39, 0.29) is 25.3 Å². The lowest BCUT2D eigenvalue weighted by molar-refractivity contribution is -0.190. The molecule has 0 saturated carbocycles. The molecule has 2 saturated heterocycles. The second-order valence-corrected chi connectivity index (χ2v) is 8.78. The fourth-order valence-electron chi connectivity index (χ4n) is 3.42. The number of amides is 1. The number of aromatic nitrogens is 2. The maximum absolute atomic E-state index is 12.4. The van der Waals surface area contributed by atoms with Gasteiger partial charge < -0.3 is 29.2 Å². The molecule has 0 aromatic carbocycles. The molecular weight excluding hydrogens is 437 g/mol. The molecule has 1 aromatic heterocycles. The Morgan fingerprint density at radius 3 is 2.87 bits per heavy atom. The van der Waals surface area contributed by atoms with Crippen molar-refractivity contribution in [1.29, 1.82) is 0 Å². The predicted octanol–water partition coefficient (Wildman–Crippen LogP) is -1.24. The normalized spacial score (nSPS) is 28.5. The summed E-state index contributed by atoms with van der Waals surface area (Å²) in [6.07, 6.45) is -2.48. The summed E-state index contributed by atoms with van der Waals surface area (Å²) < 4.78 is 39.5. The highest BCUT2D eigenvalue weighted by Crippen LogP contribution is 2.52. The molecule has 0 spiro atoms. The Morgan fingerprint density at radius 1 is 1.48 bits per heavy atom. The van der Waals surface area contributed by atoms with Crippen LogP contribution in [0.4, 0.5) is 4.79 Å². The Kier molecular flexibility index (Phi) is 6.70. The molecule has 2 unspecified atom stereocenters. The Hall–Kier alpha value is -2.46. The number of methoxy groups -OCH3 is 2. The molecule has 2 fully saturated rings. The lowest BCUT2D eigenvalue weighted by Gasteiger charge is -2.31. The summed E-state index contributed by atoms with van der Waals surface area (Å²) in [5.41, 5.74) is -2.81. The van der Waals surface area contributed by atoms with Crippen LogP contribution in [0.15, 0.2) is 15.8 Å². The molecule has 2 bridgehead atoms. The highest BCUT2D eigenvalue weighted by atomic mass is 31.2. The SMILES string of the molecule is COC[C@@]12COC([C@H](n3cc(C#CCNC(=O)OC)c(=O)[nH]c3=O)O1)[C@H]2OP(C)(=O)O. The van der Waals surface area contributed by atoms with Crippen molar-refractivity contribution in [3.05, 3.63) is 32.6 Å². The van der Waals surface area contributed by atoms with Gasteiger partial charge in [-0.15, -0.1) is 0 Å². The molecule has 3 heterocycles. The first-order chi connectivity index (χ1) is 14.6. The van der Waals surface area contributed by atoms with Gasteiger partial charge >= 0.3 is 19.4 Å². The fraction of sp³-hybridized carbons (Fsp3) is 0.588. The zero-order valence-electron chi connectivity index (χ0n) is 16.9. The number of carbonyl (C=O) groups excluding carboxylic acids is 1. The number of hydrogen-bond donors (Lipinski definition) is 3. The highest BCUT2D eigenvalue weighted by molar-refractivity contribution is 7.51. The van der Waals surface area contributed by atoms with Gasteiger partial charge in [-0.3, -0.25) is 23.4 Å². The van der Waals surface area contributed by atoms with Crippen LogP contribution in [-0.2, 0) is 28.0 Å². The second kappa shape index (κ2) is 8.96. The number of nitrogens with zero attached hydrogens (tertiary/aromatic N) is 1. The van der Waals surface area contributed by atoms with Gasteiger partial charge in [0.15, 0.2) is 6.23 Å². The summed E-state index contributed by atoms with van der Waals surface area (Å²) in [6, 6.07) is 0. The van der Waals surface area contributed by atoms with Crippen LogP contribution in [0.5, 0.6) is 0 Å². The zero-order chi connectivity index (χ0) is 22.8. The van der Waals surface area contributed by atoms with Crippen molar-refractivity contribution in [2.45, 2.75) is 24.0 Å². The Morgan fingerprint density at radius 2 is 2.23 bits per heavy atom.